The Morgan fingerprint density at radius 2 is 2.50 bits per heavy atom. The van der Waals surface area contributed by atoms with E-state index < -0.39 is 0 Å². The molecule has 0 bridgehead atoms. The second-order valence-corrected chi connectivity index (χ2v) is 5.64. The third kappa shape index (κ3) is 2.26. The Bertz CT molecular complexity index is 372. The number of rotatable bonds is 3. The summed E-state index contributed by atoms with van der Waals surface area (Å²) in [4.78, 5) is 16.1. The molecule has 2 rings (SSSR count). The minimum Gasteiger partial charge on any atom is -0.337 e. The van der Waals surface area contributed by atoms with Crippen LogP contribution in [-0.4, -0.2) is 43.2 Å². The van der Waals surface area contributed by atoms with Crippen molar-refractivity contribution < 1.29 is 4.79 Å². The largest absolute Gasteiger partial charge is 0.337 e. The molecule has 1 N–H and O–H groups in total. The van der Waals surface area contributed by atoms with Crippen molar-refractivity contribution in [3.63, 3.8) is 0 Å². The van der Waals surface area contributed by atoms with Gasteiger partial charge in [0.25, 0.3) is 5.91 Å². The van der Waals surface area contributed by atoms with Crippen LogP contribution >= 0.6 is 23.1 Å². The van der Waals surface area contributed by atoms with Gasteiger partial charge in [-0.25, -0.2) is 0 Å². The first-order valence-corrected chi connectivity index (χ1v) is 7.44. The molecule has 0 spiro atoms. The maximum atomic E-state index is 12.3. The van der Waals surface area contributed by atoms with Crippen LogP contribution in [0.5, 0.6) is 0 Å². The predicted octanol–water partition coefficient (Wildman–Crippen LogP) is 1.90. The number of amides is 1. The van der Waals surface area contributed by atoms with E-state index in [4.69, 9.17) is 0 Å². The molecule has 0 radical (unpaired) electrons. The maximum absolute atomic E-state index is 12.3. The van der Waals surface area contributed by atoms with Crippen LogP contribution < -0.4 is 5.32 Å². The molecule has 1 amide bonds. The summed E-state index contributed by atoms with van der Waals surface area (Å²) in [5, 5.41) is 5.27. The predicted molar refractivity (Wildman–Crippen MR) is 69.5 cm³/mol. The number of hydrogen-bond acceptors (Lipinski definition) is 4. The average Bonchev–Trinajstić information content (AvgIpc) is 2.97. The molecular weight excluding hydrogens is 240 g/mol. The third-order valence-electron chi connectivity index (χ3n) is 2.95. The first kappa shape index (κ1) is 12.0. The number of hydrogen-bond donors (Lipinski definition) is 1. The van der Waals surface area contributed by atoms with Crippen molar-refractivity contribution in [1.82, 2.24) is 10.2 Å². The average molecular weight is 256 g/mol. The molecule has 1 atom stereocenters. The zero-order chi connectivity index (χ0) is 11.5. The number of likely N-dealkylation sites (N-methyl/N-ethyl adjacent to an activating group) is 1. The molecular formula is C11H16N2OS2. The summed E-state index contributed by atoms with van der Waals surface area (Å²) in [6.07, 6.45) is 3.07. The smallest absolute Gasteiger partial charge is 0.265 e. The van der Waals surface area contributed by atoms with Gasteiger partial charge in [-0.15, -0.1) is 23.1 Å². The van der Waals surface area contributed by atoms with Crippen molar-refractivity contribution >= 4 is 29.0 Å². The van der Waals surface area contributed by atoms with Crippen LogP contribution in [0, 0.1) is 0 Å². The van der Waals surface area contributed by atoms with Crippen molar-refractivity contribution in [3.05, 3.63) is 16.3 Å². The highest BCUT2D eigenvalue weighted by molar-refractivity contribution is 7.98. The van der Waals surface area contributed by atoms with E-state index in [2.05, 4.69) is 5.32 Å². The van der Waals surface area contributed by atoms with Crippen LogP contribution in [0.4, 0.5) is 0 Å². The molecule has 1 aromatic rings. The molecule has 1 aliphatic rings. The van der Waals surface area contributed by atoms with Crippen molar-refractivity contribution in [3.8, 4) is 0 Å². The van der Waals surface area contributed by atoms with Crippen LogP contribution in [0.1, 0.15) is 16.1 Å². The number of carbonyl (C=O) groups is 1. The molecule has 1 fully saturated rings. The summed E-state index contributed by atoms with van der Waals surface area (Å²) in [6, 6.07) is 2.37. The molecule has 2 heterocycles. The molecule has 1 aromatic heterocycles. The fourth-order valence-corrected chi connectivity index (χ4v) is 3.64. The highest BCUT2D eigenvalue weighted by Gasteiger charge is 2.25. The van der Waals surface area contributed by atoms with Gasteiger partial charge in [-0.1, -0.05) is 0 Å². The highest BCUT2D eigenvalue weighted by atomic mass is 32.2. The van der Waals surface area contributed by atoms with Crippen LogP contribution in [0.2, 0.25) is 0 Å². The molecule has 5 heteroatoms. The van der Waals surface area contributed by atoms with Crippen molar-refractivity contribution in [1.29, 1.82) is 0 Å². The monoisotopic (exact) mass is 256 g/mol. The zero-order valence-corrected chi connectivity index (χ0v) is 11.2. The van der Waals surface area contributed by atoms with E-state index in [1.165, 1.54) is 11.3 Å². The number of thiophene rings is 1. The van der Waals surface area contributed by atoms with Gasteiger partial charge in [0.2, 0.25) is 0 Å². The van der Waals surface area contributed by atoms with Gasteiger partial charge in [-0.3, -0.25) is 4.79 Å². The molecule has 0 saturated carbocycles. The van der Waals surface area contributed by atoms with Gasteiger partial charge < -0.3 is 10.2 Å². The molecule has 1 aliphatic heterocycles. The molecule has 16 heavy (non-hydrogen) atoms. The van der Waals surface area contributed by atoms with Crippen molar-refractivity contribution in [2.45, 2.75) is 17.4 Å². The quantitative estimate of drug-likeness (QED) is 0.838. The number of carbonyl (C=O) groups excluding carboxylic acids is 1. The van der Waals surface area contributed by atoms with Crippen LogP contribution in [0.15, 0.2) is 16.3 Å². The first-order chi connectivity index (χ1) is 7.74. The van der Waals surface area contributed by atoms with Gasteiger partial charge in [-0.2, -0.15) is 0 Å². The highest BCUT2D eigenvalue weighted by Crippen LogP contribution is 2.27. The Hall–Kier alpha value is -0.520. The van der Waals surface area contributed by atoms with Gasteiger partial charge in [0.15, 0.2) is 0 Å². The van der Waals surface area contributed by atoms with Gasteiger partial charge in [-0.05, 0) is 30.7 Å². The number of nitrogens with one attached hydrogen (secondary N) is 1. The molecule has 3 nitrogen and oxygen atoms in total. The SMILES string of the molecule is CSc1ccsc1C(=O)N(C)C1CCNC1. The summed E-state index contributed by atoms with van der Waals surface area (Å²) in [6.45, 7) is 1.93. The minimum absolute atomic E-state index is 0.160. The van der Waals surface area contributed by atoms with E-state index in [1.54, 1.807) is 11.8 Å². The van der Waals surface area contributed by atoms with E-state index in [0.29, 0.717) is 6.04 Å². The van der Waals surface area contributed by atoms with E-state index in [9.17, 15) is 4.79 Å². The van der Waals surface area contributed by atoms with Gasteiger partial charge in [0.05, 0.1) is 0 Å². The van der Waals surface area contributed by atoms with E-state index in [1.807, 2.05) is 29.6 Å². The van der Waals surface area contributed by atoms with Gasteiger partial charge in [0, 0.05) is 24.5 Å². The fraction of sp³-hybridized carbons (Fsp3) is 0.545. The van der Waals surface area contributed by atoms with Crippen LogP contribution in [0.25, 0.3) is 0 Å². The maximum Gasteiger partial charge on any atom is 0.265 e. The van der Waals surface area contributed by atoms with Gasteiger partial charge in [0.1, 0.15) is 4.88 Å². The standard InChI is InChI=1S/C11H16N2OS2/c1-13(8-3-5-12-7-8)11(14)10-9(15-2)4-6-16-10/h4,6,8,12H,3,5,7H2,1-2H3. The Balaban J connectivity index is 2.11. The van der Waals surface area contributed by atoms with E-state index >= 15 is 0 Å². The van der Waals surface area contributed by atoms with Crippen LogP contribution in [0.3, 0.4) is 0 Å². The summed E-state index contributed by atoms with van der Waals surface area (Å²) in [5.41, 5.74) is 0. The van der Waals surface area contributed by atoms with Crippen molar-refractivity contribution in [2.24, 2.45) is 0 Å². The van der Waals surface area contributed by atoms with Crippen LogP contribution in [-0.2, 0) is 0 Å². The molecule has 1 saturated heterocycles. The lowest BCUT2D eigenvalue weighted by atomic mass is 10.2. The lowest BCUT2D eigenvalue weighted by Gasteiger charge is -2.23. The normalized spacial score (nSPS) is 20.0. The Labute approximate surface area is 104 Å². The lowest BCUT2D eigenvalue weighted by Crippen LogP contribution is -2.38. The molecule has 88 valence electrons. The van der Waals surface area contributed by atoms with Gasteiger partial charge >= 0.3 is 0 Å². The second-order valence-electron chi connectivity index (χ2n) is 3.88. The summed E-state index contributed by atoms with van der Waals surface area (Å²) in [5.74, 6) is 0.160. The fourth-order valence-electron chi connectivity index (χ4n) is 1.91. The Kier molecular flexibility index (Phi) is 3.89. The third-order valence-corrected chi connectivity index (χ3v) is 4.76. The lowest BCUT2D eigenvalue weighted by molar-refractivity contribution is 0.0745. The topological polar surface area (TPSA) is 32.3 Å². The number of thioether (sulfide) groups is 1. The van der Waals surface area contributed by atoms with Crippen molar-refractivity contribution in [2.75, 3.05) is 26.4 Å². The molecule has 0 aliphatic carbocycles. The molecule has 1 unspecified atom stereocenters. The summed E-state index contributed by atoms with van der Waals surface area (Å²) >= 11 is 3.17. The summed E-state index contributed by atoms with van der Waals surface area (Å²) in [7, 11) is 1.91. The van der Waals surface area contributed by atoms with E-state index in [-0.39, 0.29) is 5.91 Å². The molecule has 0 aromatic carbocycles. The Morgan fingerprint density at radius 1 is 1.69 bits per heavy atom. The zero-order valence-electron chi connectivity index (χ0n) is 9.53. The first-order valence-electron chi connectivity index (χ1n) is 5.33. The second kappa shape index (κ2) is 5.21. The summed E-state index contributed by atoms with van der Waals surface area (Å²) < 4.78 is 0. The van der Waals surface area contributed by atoms with E-state index in [0.717, 1.165) is 29.3 Å². The number of nitrogens with zero attached hydrogens (tertiary/aromatic N) is 1. The Morgan fingerprint density at radius 3 is 3.12 bits per heavy atom. The minimum atomic E-state index is 0.160.